The molecule has 0 aromatic heterocycles. The Labute approximate surface area is 121 Å². The van der Waals surface area contributed by atoms with Gasteiger partial charge >= 0.3 is 5.97 Å². The Morgan fingerprint density at radius 1 is 1.38 bits per heavy atom. The van der Waals surface area contributed by atoms with Crippen molar-refractivity contribution < 1.29 is 24.2 Å². The summed E-state index contributed by atoms with van der Waals surface area (Å²) in [5.74, 6) is -1.67. The highest BCUT2D eigenvalue weighted by Crippen LogP contribution is 2.28. The summed E-state index contributed by atoms with van der Waals surface area (Å²) in [6.07, 6.45) is 0. The van der Waals surface area contributed by atoms with Gasteiger partial charge in [-0.1, -0.05) is 13.8 Å². The minimum atomic E-state index is -1.09. The van der Waals surface area contributed by atoms with E-state index in [1.807, 2.05) is 0 Å². The molecule has 0 bridgehead atoms. The van der Waals surface area contributed by atoms with Crippen LogP contribution in [0.3, 0.4) is 0 Å². The summed E-state index contributed by atoms with van der Waals surface area (Å²) in [6.45, 7) is 3.35. The molecule has 2 amide bonds. The van der Waals surface area contributed by atoms with Crippen molar-refractivity contribution in [1.29, 1.82) is 0 Å². The molecule has 0 saturated carbocycles. The van der Waals surface area contributed by atoms with Gasteiger partial charge in [0.05, 0.1) is 5.69 Å². The van der Waals surface area contributed by atoms with Crippen LogP contribution < -0.4 is 15.4 Å². The number of benzene rings is 1. The molecule has 1 aliphatic rings. The molecule has 2 rings (SSSR count). The average Bonchev–Trinajstić information content (AvgIpc) is 2.42. The van der Waals surface area contributed by atoms with Crippen LogP contribution in [0.1, 0.15) is 24.2 Å². The number of fused-ring (bicyclic) bond motifs is 1. The van der Waals surface area contributed by atoms with Gasteiger partial charge < -0.3 is 20.5 Å². The SMILES string of the molecule is CC(C)[C@H](NC(=O)c1ccc2c(c1)NC(=O)CO2)C(=O)O. The van der Waals surface area contributed by atoms with Crippen LogP contribution in [0.2, 0.25) is 0 Å². The smallest absolute Gasteiger partial charge is 0.326 e. The van der Waals surface area contributed by atoms with E-state index in [1.165, 1.54) is 12.1 Å². The molecule has 112 valence electrons. The highest BCUT2D eigenvalue weighted by molar-refractivity contribution is 6.00. The monoisotopic (exact) mass is 292 g/mol. The Bertz CT molecular complexity index is 597. The Kier molecular flexibility index (Phi) is 4.11. The van der Waals surface area contributed by atoms with E-state index in [-0.39, 0.29) is 24.0 Å². The Morgan fingerprint density at radius 3 is 2.71 bits per heavy atom. The summed E-state index contributed by atoms with van der Waals surface area (Å²) in [5, 5.41) is 14.1. The Hall–Kier alpha value is -2.57. The van der Waals surface area contributed by atoms with Gasteiger partial charge in [-0.2, -0.15) is 0 Å². The predicted octanol–water partition coefficient (Wildman–Crippen LogP) is 0.856. The molecule has 7 nitrogen and oxygen atoms in total. The van der Waals surface area contributed by atoms with Crippen LogP contribution in [0.25, 0.3) is 0 Å². The second-order valence-corrected chi connectivity index (χ2v) is 5.08. The van der Waals surface area contributed by atoms with Crippen molar-refractivity contribution in [2.24, 2.45) is 5.92 Å². The van der Waals surface area contributed by atoms with Gasteiger partial charge in [0, 0.05) is 5.56 Å². The van der Waals surface area contributed by atoms with E-state index in [2.05, 4.69) is 10.6 Å². The Morgan fingerprint density at radius 2 is 2.10 bits per heavy atom. The summed E-state index contributed by atoms with van der Waals surface area (Å²) in [5.41, 5.74) is 0.654. The quantitative estimate of drug-likeness (QED) is 0.763. The molecule has 0 aliphatic carbocycles. The van der Waals surface area contributed by atoms with Crippen molar-refractivity contribution in [2.45, 2.75) is 19.9 Å². The van der Waals surface area contributed by atoms with Crippen LogP contribution in [0.5, 0.6) is 5.75 Å². The molecule has 0 unspecified atom stereocenters. The van der Waals surface area contributed by atoms with Crippen LogP contribution in [0.4, 0.5) is 5.69 Å². The lowest BCUT2D eigenvalue weighted by Crippen LogP contribution is -2.44. The van der Waals surface area contributed by atoms with Gasteiger partial charge in [0.2, 0.25) is 0 Å². The minimum absolute atomic E-state index is 0.0625. The number of rotatable bonds is 4. The van der Waals surface area contributed by atoms with Crippen molar-refractivity contribution in [1.82, 2.24) is 5.32 Å². The summed E-state index contributed by atoms with van der Waals surface area (Å²) in [7, 11) is 0. The zero-order valence-corrected chi connectivity index (χ0v) is 11.7. The highest BCUT2D eigenvalue weighted by Gasteiger charge is 2.25. The molecule has 3 N–H and O–H groups in total. The van der Waals surface area contributed by atoms with Crippen molar-refractivity contribution in [3.8, 4) is 5.75 Å². The maximum Gasteiger partial charge on any atom is 0.326 e. The molecule has 0 spiro atoms. The first-order valence-corrected chi connectivity index (χ1v) is 6.49. The number of hydrogen-bond acceptors (Lipinski definition) is 4. The van der Waals surface area contributed by atoms with E-state index >= 15 is 0 Å². The Balaban J connectivity index is 2.18. The summed E-state index contributed by atoms with van der Waals surface area (Å²) < 4.78 is 5.19. The van der Waals surface area contributed by atoms with E-state index in [4.69, 9.17) is 9.84 Å². The number of carboxylic acid groups (broad SMARTS) is 1. The molecular formula is C14H16N2O5. The van der Waals surface area contributed by atoms with Gasteiger partial charge in [0.1, 0.15) is 11.8 Å². The summed E-state index contributed by atoms with van der Waals surface area (Å²) >= 11 is 0. The molecule has 1 aliphatic heterocycles. The van der Waals surface area contributed by atoms with Gasteiger partial charge in [-0.15, -0.1) is 0 Å². The standard InChI is InChI=1S/C14H16N2O5/c1-7(2)12(14(19)20)16-13(18)8-3-4-10-9(5-8)15-11(17)6-21-10/h3-5,7,12H,6H2,1-2H3,(H,15,17)(H,16,18)(H,19,20)/t12-/m0/s1. The number of ether oxygens (including phenoxy) is 1. The normalized spacial score (nSPS) is 14.7. The molecule has 1 heterocycles. The first-order valence-electron chi connectivity index (χ1n) is 6.49. The molecule has 0 saturated heterocycles. The van der Waals surface area contributed by atoms with Crippen LogP contribution >= 0.6 is 0 Å². The molecular weight excluding hydrogens is 276 g/mol. The van der Waals surface area contributed by atoms with E-state index < -0.39 is 17.9 Å². The maximum absolute atomic E-state index is 12.1. The van der Waals surface area contributed by atoms with Crippen LogP contribution in [0, 0.1) is 5.92 Å². The van der Waals surface area contributed by atoms with E-state index in [1.54, 1.807) is 19.9 Å². The summed E-state index contributed by atoms with van der Waals surface area (Å²) in [4.78, 5) is 34.4. The first-order chi connectivity index (χ1) is 9.88. The van der Waals surface area contributed by atoms with Gasteiger partial charge in [0.15, 0.2) is 6.61 Å². The third-order valence-electron chi connectivity index (χ3n) is 3.09. The molecule has 1 aromatic carbocycles. The van der Waals surface area contributed by atoms with Gasteiger partial charge in [-0.25, -0.2) is 4.79 Å². The lowest BCUT2D eigenvalue weighted by Gasteiger charge is -2.20. The number of carbonyl (C=O) groups excluding carboxylic acids is 2. The number of aliphatic carboxylic acids is 1. The average molecular weight is 292 g/mol. The van der Waals surface area contributed by atoms with Crippen molar-refractivity contribution in [3.63, 3.8) is 0 Å². The third-order valence-corrected chi connectivity index (χ3v) is 3.09. The van der Waals surface area contributed by atoms with E-state index in [9.17, 15) is 14.4 Å². The molecule has 0 fully saturated rings. The second kappa shape index (κ2) is 5.82. The summed E-state index contributed by atoms with van der Waals surface area (Å²) in [6, 6.07) is 3.57. The van der Waals surface area contributed by atoms with Gasteiger partial charge in [0.25, 0.3) is 11.8 Å². The third kappa shape index (κ3) is 3.31. The fourth-order valence-corrected chi connectivity index (χ4v) is 1.96. The van der Waals surface area contributed by atoms with Crippen LogP contribution in [-0.2, 0) is 9.59 Å². The van der Waals surface area contributed by atoms with Crippen LogP contribution in [0.15, 0.2) is 18.2 Å². The molecule has 1 atom stereocenters. The minimum Gasteiger partial charge on any atom is -0.482 e. The highest BCUT2D eigenvalue weighted by atomic mass is 16.5. The lowest BCUT2D eigenvalue weighted by atomic mass is 10.0. The van der Waals surface area contributed by atoms with Crippen molar-refractivity contribution in [3.05, 3.63) is 23.8 Å². The number of hydrogen-bond donors (Lipinski definition) is 3. The zero-order valence-electron chi connectivity index (χ0n) is 11.7. The fraction of sp³-hybridized carbons (Fsp3) is 0.357. The van der Waals surface area contributed by atoms with Gasteiger partial charge in [-0.3, -0.25) is 9.59 Å². The first kappa shape index (κ1) is 14.8. The molecule has 1 aromatic rings. The van der Waals surface area contributed by atoms with E-state index in [0.717, 1.165) is 0 Å². The lowest BCUT2D eigenvalue weighted by molar-refractivity contribution is -0.140. The molecule has 21 heavy (non-hydrogen) atoms. The fourth-order valence-electron chi connectivity index (χ4n) is 1.96. The largest absolute Gasteiger partial charge is 0.482 e. The molecule has 7 heteroatoms. The number of anilines is 1. The number of carbonyl (C=O) groups is 3. The van der Waals surface area contributed by atoms with Crippen molar-refractivity contribution >= 4 is 23.5 Å². The zero-order chi connectivity index (χ0) is 15.6. The van der Waals surface area contributed by atoms with Crippen LogP contribution in [-0.4, -0.2) is 35.5 Å². The van der Waals surface area contributed by atoms with Gasteiger partial charge in [-0.05, 0) is 24.1 Å². The van der Waals surface area contributed by atoms with Crippen molar-refractivity contribution in [2.75, 3.05) is 11.9 Å². The maximum atomic E-state index is 12.1. The molecule has 0 radical (unpaired) electrons. The predicted molar refractivity (Wildman–Crippen MR) is 74.3 cm³/mol. The number of amides is 2. The number of nitrogens with one attached hydrogen (secondary N) is 2. The number of carboxylic acids is 1. The second-order valence-electron chi connectivity index (χ2n) is 5.08. The van der Waals surface area contributed by atoms with E-state index in [0.29, 0.717) is 11.4 Å². The topological polar surface area (TPSA) is 105 Å².